The molecule has 0 fully saturated rings. The van der Waals surface area contributed by atoms with Crippen molar-refractivity contribution in [2.75, 3.05) is 5.88 Å². The molecular formula is C11H11BrClF2NO. The Labute approximate surface area is 111 Å². The zero-order valence-electron chi connectivity index (χ0n) is 9.28. The van der Waals surface area contributed by atoms with E-state index < -0.39 is 28.6 Å². The van der Waals surface area contributed by atoms with Crippen LogP contribution in [0.1, 0.15) is 24.2 Å². The summed E-state index contributed by atoms with van der Waals surface area (Å²) in [5.74, 6) is -2.52. The Morgan fingerprint density at radius 2 is 1.88 bits per heavy atom. The molecule has 1 aromatic rings. The SMILES string of the molecule is CC(C)(CCl)NC(=O)c1c(F)cc(Br)cc1F. The van der Waals surface area contributed by atoms with Gasteiger partial charge in [-0.25, -0.2) is 8.78 Å². The number of halogens is 4. The lowest BCUT2D eigenvalue weighted by Crippen LogP contribution is -2.45. The van der Waals surface area contributed by atoms with E-state index in [1.807, 2.05) is 0 Å². The molecule has 0 saturated heterocycles. The summed E-state index contributed by atoms with van der Waals surface area (Å²) in [4.78, 5) is 11.7. The lowest BCUT2D eigenvalue weighted by atomic mass is 10.1. The van der Waals surface area contributed by atoms with Crippen molar-refractivity contribution in [2.45, 2.75) is 19.4 Å². The maximum Gasteiger partial charge on any atom is 0.257 e. The number of amides is 1. The van der Waals surface area contributed by atoms with Crippen LogP contribution < -0.4 is 5.32 Å². The molecule has 0 unspecified atom stereocenters. The molecule has 0 aliphatic heterocycles. The fourth-order valence-electron chi connectivity index (χ4n) is 1.16. The summed E-state index contributed by atoms with van der Waals surface area (Å²) in [7, 11) is 0. The van der Waals surface area contributed by atoms with Crippen molar-refractivity contribution < 1.29 is 13.6 Å². The van der Waals surface area contributed by atoms with Crippen molar-refractivity contribution in [3.05, 3.63) is 33.8 Å². The molecule has 1 N–H and O–H groups in total. The molecule has 0 aromatic heterocycles. The third-order valence-corrected chi connectivity index (χ3v) is 3.15. The Morgan fingerprint density at radius 1 is 1.41 bits per heavy atom. The monoisotopic (exact) mass is 325 g/mol. The van der Waals surface area contributed by atoms with Crippen LogP contribution in [0.25, 0.3) is 0 Å². The summed E-state index contributed by atoms with van der Waals surface area (Å²) in [6.07, 6.45) is 0. The Hall–Kier alpha value is -0.680. The molecule has 0 atom stereocenters. The van der Waals surface area contributed by atoms with Crippen LogP contribution >= 0.6 is 27.5 Å². The number of carbonyl (C=O) groups is 1. The fourth-order valence-corrected chi connectivity index (χ4v) is 1.63. The van der Waals surface area contributed by atoms with Gasteiger partial charge in [0, 0.05) is 15.9 Å². The van der Waals surface area contributed by atoms with E-state index in [1.165, 1.54) is 0 Å². The van der Waals surface area contributed by atoms with Gasteiger partial charge in [-0.1, -0.05) is 15.9 Å². The summed E-state index contributed by atoms with van der Waals surface area (Å²) < 4.78 is 27.2. The molecule has 1 amide bonds. The van der Waals surface area contributed by atoms with Crippen molar-refractivity contribution >= 4 is 33.4 Å². The number of carbonyl (C=O) groups excluding carboxylic acids is 1. The van der Waals surface area contributed by atoms with Gasteiger partial charge in [-0.15, -0.1) is 11.6 Å². The molecular weight excluding hydrogens is 315 g/mol. The molecule has 0 aliphatic rings. The summed E-state index contributed by atoms with van der Waals surface area (Å²) in [5, 5.41) is 2.46. The van der Waals surface area contributed by atoms with Gasteiger partial charge < -0.3 is 5.32 Å². The van der Waals surface area contributed by atoms with E-state index in [-0.39, 0.29) is 10.4 Å². The average Bonchev–Trinajstić information content (AvgIpc) is 2.14. The highest BCUT2D eigenvalue weighted by atomic mass is 79.9. The molecule has 17 heavy (non-hydrogen) atoms. The smallest absolute Gasteiger partial charge is 0.257 e. The normalized spacial score (nSPS) is 11.4. The van der Waals surface area contributed by atoms with Crippen molar-refractivity contribution in [1.82, 2.24) is 5.32 Å². The highest BCUT2D eigenvalue weighted by Crippen LogP contribution is 2.20. The number of rotatable bonds is 3. The highest BCUT2D eigenvalue weighted by molar-refractivity contribution is 9.10. The average molecular weight is 327 g/mol. The minimum atomic E-state index is -0.917. The van der Waals surface area contributed by atoms with Gasteiger partial charge >= 0.3 is 0 Å². The van der Waals surface area contributed by atoms with Gasteiger partial charge in [0.25, 0.3) is 5.91 Å². The second kappa shape index (κ2) is 5.31. The molecule has 0 aliphatic carbocycles. The Morgan fingerprint density at radius 3 is 2.29 bits per heavy atom. The van der Waals surface area contributed by atoms with E-state index in [2.05, 4.69) is 21.2 Å². The number of alkyl halides is 1. The molecule has 94 valence electrons. The summed E-state index contributed by atoms with van der Waals surface area (Å²) >= 11 is 8.56. The van der Waals surface area contributed by atoms with Crippen LogP contribution in [0.4, 0.5) is 8.78 Å². The third kappa shape index (κ3) is 3.64. The number of nitrogens with one attached hydrogen (secondary N) is 1. The highest BCUT2D eigenvalue weighted by Gasteiger charge is 2.24. The number of benzene rings is 1. The first kappa shape index (κ1) is 14.4. The van der Waals surface area contributed by atoms with Crippen LogP contribution in [0, 0.1) is 11.6 Å². The van der Waals surface area contributed by atoms with E-state index >= 15 is 0 Å². The minimum Gasteiger partial charge on any atom is -0.346 e. The molecule has 0 radical (unpaired) electrons. The molecule has 0 saturated carbocycles. The van der Waals surface area contributed by atoms with E-state index in [9.17, 15) is 13.6 Å². The lowest BCUT2D eigenvalue weighted by molar-refractivity contribution is 0.0912. The van der Waals surface area contributed by atoms with E-state index in [4.69, 9.17) is 11.6 Å². The Bertz CT molecular complexity index is 428. The van der Waals surface area contributed by atoms with Gasteiger partial charge in [0.2, 0.25) is 0 Å². The van der Waals surface area contributed by atoms with Crippen LogP contribution in [0.5, 0.6) is 0 Å². The van der Waals surface area contributed by atoms with E-state index in [1.54, 1.807) is 13.8 Å². The molecule has 1 rings (SSSR count). The first-order chi connectivity index (χ1) is 7.76. The zero-order valence-corrected chi connectivity index (χ0v) is 11.6. The molecule has 0 bridgehead atoms. The molecule has 0 heterocycles. The Kier molecular flexibility index (Phi) is 4.49. The fraction of sp³-hybridized carbons (Fsp3) is 0.364. The molecule has 6 heteroatoms. The zero-order chi connectivity index (χ0) is 13.2. The second-order valence-electron chi connectivity index (χ2n) is 4.22. The van der Waals surface area contributed by atoms with Crippen molar-refractivity contribution in [2.24, 2.45) is 0 Å². The van der Waals surface area contributed by atoms with Crippen molar-refractivity contribution in [3.63, 3.8) is 0 Å². The third-order valence-electron chi connectivity index (χ3n) is 2.02. The molecule has 0 spiro atoms. The predicted molar refractivity (Wildman–Crippen MR) is 66.3 cm³/mol. The van der Waals surface area contributed by atoms with Gasteiger partial charge in [0.1, 0.15) is 17.2 Å². The van der Waals surface area contributed by atoms with Gasteiger partial charge in [0.05, 0.1) is 0 Å². The maximum atomic E-state index is 13.5. The number of hydrogen-bond acceptors (Lipinski definition) is 1. The lowest BCUT2D eigenvalue weighted by Gasteiger charge is -2.23. The van der Waals surface area contributed by atoms with Gasteiger partial charge in [-0.2, -0.15) is 0 Å². The summed E-state index contributed by atoms with van der Waals surface area (Å²) in [6.45, 7) is 3.32. The van der Waals surface area contributed by atoms with E-state index in [0.29, 0.717) is 0 Å². The first-order valence-electron chi connectivity index (χ1n) is 4.80. The van der Waals surface area contributed by atoms with Crippen molar-refractivity contribution in [1.29, 1.82) is 0 Å². The van der Waals surface area contributed by atoms with Gasteiger partial charge in [-0.3, -0.25) is 4.79 Å². The topological polar surface area (TPSA) is 29.1 Å². The standard InChI is InChI=1S/C11H11BrClF2NO/c1-11(2,5-13)16-10(17)9-7(14)3-6(12)4-8(9)15/h3-4H,5H2,1-2H3,(H,16,17). The minimum absolute atomic E-state index is 0.137. The second-order valence-corrected chi connectivity index (χ2v) is 5.40. The quantitative estimate of drug-likeness (QED) is 0.847. The van der Waals surface area contributed by atoms with Crippen LogP contribution in [-0.4, -0.2) is 17.3 Å². The summed E-state index contributed by atoms with van der Waals surface area (Å²) in [6, 6.07) is 2.07. The summed E-state index contributed by atoms with van der Waals surface area (Å²) in [5.41, 5.74) is -1.34. The van der Waals surface area contributed by atoms with Gasteiger partial charge in [0.15, 0.2) is 0 Å². The van der Waals surface area contributed by atoms with E-state index in [0.717, 1.165) is 12.1 Å². The predicted octanol–water partition coefficient (Wildman–Crippen LogP) is 3.47. The Balaban J connectivity index is 3.05. The first-order valence-corrected chi connectivity index (χ1v) is 6.12. The number of hydrogen-bond donors (Lipinski definition) is 1. The van der Waals surface area contributed by atoms with Crippen LogP contribution in [0.3, 0.4) is 0 Å². The van der Waals surface area contributed by atoms with Crippen LogP contribution in [0.15, 0.2) is 16.6 Å². The molecule has 1 aromatic carbocycles. The largest absolute Gasteiger partial charge is 0.346 e. The van der Waals surface area contributed by atoms with Crippen LogP contribution in [-0.2, 0) is 0 Å². The van der Waals surface area contributed by atoms with Crippen molar-refractivity contribution in [3.8, 4) is 0 Å². The van der Waals surface area contributed by atoms with Crippen LogP contribution in [0.2, 0.25) is 0 Å². The molecule has 2 nitrogen and oxygen atoms in total. The van der Waals surface area contributed by atoms with Gasteiger partial charge in [-0.05, 0) is 26.0 Å². The maximum absolute atomic E-state index is 13.5.